The molecular formula is C11H19NO2. The van der Waals surface area contributed by atoms with Crippen LogP contribution in [0.4, 0.5) is 0 Å². The molecule has 0 unspecified atom stereocenters. The van der Waals surface area contributed by atoms with E-state index in [0.717, 1.165) is 32.1 Å². The van der Waals surface area contributed by atoms with Crippen LogP contribution < -0.4 is 0 Å². The van der Waals surface area contributed by atoms with Crippen LogP contribution in [0.1, 0.15) is 46.0 Å². The van der Waals surface area contributed by atoms with Crippen LogP contribution in [-0.4, -0.2) is 23.3 Å². The van der Waals surface area contributed by atoms with Crippen LogP contribution in [0.5, 0.6) is 0 Å². The predicted octanol–water partition coefficient (Wildman–Crippen LogP) is 1.96. The fourth-order valence-electron chi connectivity index (χ4n) is 1.49. The standard InChI is InChI=1S/C11H19NO2/c1-3-4-5-8-12(9(2)13)11(14)10-6-7-10/h10H,3-8H2,1-2H3. The summed E-state index contributed by atoms with van der Waals surface area (Å²) in [4.78, 5) is 24.3. The first-order chi connectivity index (χ1) is 6.66. The Morgan fingerprint density at radius 1 is 1.29 bits per heavy atom. The number of hydrogen-bond acceptors (Lipinski definition) is 2. The molecule has 0 heterocycles. The smallest absolute Gasteiger partial charge is 0.232 e. The quantitative estimate of drug-likeness (QED) is 0.632. The monoisotopic (exact) mass is 197 g/mol. The van der Waals surface area contributed by atoms with E-state index in [1.165, 1.54) is 11.8 Å². The van der Waals surface area contributed by atoms with Gasteiger partial charge >= 0.3 is 0 Å². The second kappa shape index (κ2) is 5.13. The first kappa shape index (κ1) is 11.2. The molecule has 0 bridgehead atoms. The molecule has 0 aromatic carbocycles. The van der Waals surface area contributed by atoms with Gasteiger partial charge in [0, 0.05) is 19.4 Å². The zero-order valence-corrected chi connectivity index (χ0v) is 9.08. The molecule has 0 spiro atoms. The molecule has 3 heteroatoms. The third kappa shape index (κ3) is 3.13. The van der Waals surface area contributed by atoms with Crippen molar-refractivity contribution in [3.8, 4) is 0 Å². The molecule has 1 fully saturated rings. The predicted molar refractivity (Wildman–Crippen MR) is 54.6 cm³/mol. The molecular weight excluding hydrogens is 178 g/mol. The van der Waals surface area contributed by atoms with Gasteiger partial charge in [0.2, 0.25) is 11.8 Å². The van der Waals surface area contributed by atoms with Crippen LogP contribution in [0.25, 0.3) is 0 Å². The highest BCUT2D eigenvalue weighted by atomic mass is 16.2. The van der Waals surface area contributed by atoms with Gasteiger partial charge in [0.1, 0.15) is 0 Å². The average Bonchev–Trinajstić information content (AvgIpc) is 2.93. The Hall–Kier alpha value is -0.860. The highest BCUT2D eigenvalue weighted by Crippen LogP contribution is 2.31. The number of rotatable bonds is 5. The van der Waals surface area contributed by atoms with Gasteiger partial charge in [-0.3, -0.25) is 14.5 Å². The highest BCUT2D eigenvalue weighted by Gasteiger charge is 2.34. The summed E-state index contributed by atoms with van der Waals surface area (Å²) in [5.74, 6) is 0.104. The normalized spacial score (nSPS) is 15.3. The molecule has 14 heavy (non-hydrogen) atoms. The Bertz CT molecular complexity index is 221. The summed E-state index contributed by atoms with van der Waals surface area (Å²) >= 11 is 0. The van der Waals surface area contributed by atoms with Gasteiger partial charge in [-0.25, -0.2) is 0 Å². The van der Waals surface area contributed by atoms with Gasteiger partial charge in [0.05, 0.1) is 0 Å². The Morgan fingerprint density at radius 3 is 2.36 bits per heavy atom. The van der Waals surface area contributed by atoms with E-state index in [4.69, 9.17) is 0 Å². The maximum Gasteiger partial charge on any atom is 0.232 e. The summed E-state index contributed by atoms with van der Waals surface area (Å²) < 4.78 is 0. The fourth-order valence-corrected chi connectivity index (χ4v) is 1.49. The molecule has 80 valence electrons. The molecule has 0 N–H and O–H groups in total. The molecule has 1 saturated carbocycles. The third-order valence-corrected chi connectivity index (χ3v) is 2.56. The summed E-state index contributed by atoms with van der Waals surface area (Å²) in [6.07, 6.45) is 5.08. The van der Waals surface area contributed by atoms with Gasteiger partial charge in [0.25, 0.3) is 0 Å². The molecule has 0 atom stereocenters. The lowest BCUT2D eigenvalue weighted by atomic mass is 10.2. The minimum Gasteiger partial charge on any atom is -0.283 e. The van der Waals surface area contributed by atoms with E-state index in [1.54, 1.807) is 0 Å². The van der Waals surface area contributed by atoms with Crippen molar-refractivity contribution in [3.05, 3.63) is 0 Å². The summed E-state index contributed by atoms with van der Waals surface area (Å²) in [5.41, 5.74) is 0. The van der Waals surface area contributed by atoms with Crippen molar-refractivity contribution in [2.24, 2.45) is 5.92 Å². The van der Waals surface area contributed by atoms with E-state index >= 15 is 0 Å². The van der Waals surface area contributed by atoms with Crippen LogP contribution in [-0.2, 0) is 9.59 Å². The third-order valence-electron chi connectivity index (χ3n) is 2.56. The lowest BCUT2D eigenvalue weighted by molar-refractivity contribution is -0.144. The first-order valence-electron chi connectivity index (χ1n) is 5.48. The Morgan fingerprint density at radius 2 is 1.93 bits per heavy atom. The largest absolute Gasteiger partial charge is 0.283 e. The minimum atomic E-state index is -0.0991. The number of nitrogens with zero attached hydrogens (tertiary/aromatic N) is 1. The molecule has 0 aliphatic heterocycles. The zero-order chi connectivity index (χ0) is 10.6. The lowest BCUT2D eigenvalue weighted by Gasteiger charge is -2.18. The van der Waals surface area contributed by atoms with Crippen LogP contribution in [0.3, 0.4) is 0 Å². The van der Waals surface area contributed by atoms with Crippen LogP contribution in [0.2, 0.25) is 0 Å². The van der Waals surface area contributed by atoms with Crippen LogP contribution in [0.15, 0.2) is 0 Å². The SMILES string of the molecule is CCCCCN(C(C)=O)C(=O)C1CC1. The number of hydrogen-bond donors (Lipinski definition) is 0. The number of amides is 2. The second-order valence-corrected chi connectivity index (χ2v) is 3.99. The number of carbonyl (C=O) groups is 2. The van der Waals surface area contributed by atoms with E-state index in [9.17, 15) is 9.59 Å². The molecule has 0 saturated heterocycles. The number of carbonyl (C=O) groups excluding carboxylic acids is 2. The van der Waals surface area contributed by atoms with Gasteiger partial charge in [0.15, 0.2) is 0 Å². The topological polar surface area (TPSA) is 37.4 Å². The molecule has 0 radical (unpaired) electrons. The molecule has 0 aromatic heterocycles. The van der Waals surface area contributed by atoms with Crippen molar-refractivity contribution in [1.82, 2.24) is 4.90 Å². The van der Waals surface area contributed by atoms with Crippen LogP contribution >= 0.6 is 0 Å². The molecule has 2 amide bonds. The maximum atomic E-state index is 11.6. The van der Waals surface area contributed by atoms with E-state index in [1.807, 2.05) is 0 Å². The van der Waals surface area contributed by atoms with E-state index in [2.05, 4.69) is 6.92 Å². The van der Waals surface area contributed by atoms with Crippen molar-refractivity contribution in [2.45, 2.75) is 46.0 Å². The highest BCUT2D eigenvalue weighted by molar-refractivity contribution is 5.96. The molecule has 1 aliphatic rings. The summed E-state index contributed by atoms with van der Waals surface area (Å²) in [6.45, 7) is 4.20. The number of imide groups is 1. The van der Waals surface area contributed by atoms with Gasteiger partial charge in [-0.2, -0.15) is 0 Å². The molecule has 1 rings (SSSR count). The van der Waals surface area contributed by atoms with Gasteiger partial charge in [-0.1, -0.05) is 19.8 Å². The van der Waals surface area contributed by atoms with E-state index in [0.29, 0.717) is 6.54 Å². The van der Waals surface area contributed by atoms with Crippen molar-refractivity contribution in [1.29, 1.82) is 0 Å². The van der Waals surface area contributed by atoms with Crippen LogP contribution in [0, 0.1) is 5.92 Å². The van der Waals surface area contributed by atoms with Gasteiger partial charge in [-0.05, 0) is 19.3 Å². The lowest BCUT2D eigenvalue weighted by Crippen LogP contribution is -2.37. The van der Waals surface area contributed by atoms with Crippen molar-refractivity contribution < 1.29 is 9.59 Å². The first-order valence-corrected chi connectivity index (χ1v) is 5.48. The summed E-state index contributed by atoms with van der Waals surface area (Å²) in [7, 11) is 0. The molecule has 0 aromatic rings. The Labute approximate surface area is 85.5 Å². The van der Waals surface area contributed by atoms with E-state index < -0.39 is 0 Å². The van der Waals surface area contributed by atoms with Gasteiger partial charge < -0.3 is 0 Å². The van der Waals surface area contributed by atoms with Crippen molar-refractivity contribution >= 4 is 11.8 Å². The van der Waals surface area contributed by atoms with Crippen molar-refractivity contribution in [3.63, 3.8) is 0 Å². The molecule has 3 nitrogen and oxygen atoms in total. The fraction of sp³-hybridized carbons (Fsp3) is 0.818. The number of unbranched alkanes of at least 4 members (excludes halogenated alkanes) is 2. The zero-order valence-electron chi connectivity index (χ0n) is 9.08. The van der Waals surface area contributed by atoms with Gasteiger partial charge in [-0.15, -0.1) is 0 Å². The average molecular weight is 197 g/mol. The maximum absolute atomic E-state index is 11.6. The second-order valence-electron chi connectivity index (χ2n) is 3.99. The minimum absolute atomic E-state index is 0.0496. The van der Waals surface area contributed by atoms with Crippen molar-refractivity contribution in [2.75, 3.05) is 6.54 Å². The Balaban J connectivity index is 2.37. The summed E-state index contributed by atoms with van der Waals surface area (Å²) in [5, 5.41) is 0. The Kier molecular flexibility index (Phi) is 4.11. The molecule has 1 aliphatic carbocycles. The summed E-state index contributed by atoms with van der Waals surface area (Å²) in [6, 6.07) is 0. The van der Waals surface area contributed by atoms with E-state index in [-0.39, 0.29) is 17.7 Å².